The lowest BCUT2D eigenvalue weighted by Gasteiger charge is -2.11. The average Bonchev–Trinajstić information content (AvgIpc) is 2.38. The molecule has 0 aliphatic heterocycles. The summed E-state index contributed by atoms with van der Waals surface area (Å²) in [7, 11) is 0. The van der Waals surface area contributed by atoms with E-state index in [1.807, 2.05) is 0 Å². The largest absolute Gasteiger partial charge is 0.416 e. The van der Waals surface area contributed by atoms with Crippen molar-refractivity contribution >= 4 is 17.9 Å². The van der Waals surface area contributed by atoms with Crippen molar-refractivity contribution < 1.29 is 18.0 Å². The third-order valence-corrected chi connectivity index (χ3v) is 2.91. The van der Waals surface area contributed by atoms with E-state index in [0.29, 0.717) is 16.9 Å². The Morgan fingerprint density at radius 2 is 1.63 bits per heavy atom. The van der Waals surface area contributed by atoms with E-state index in [9.17, 15) is 18.0 Å². The Balaban J connectivity index is 2.59. The summed E-state index contributed by atoms with van der Waals surface area (Å²) in [6.45, 7) is 0. The van der Waals surface area contributed by atoms with Crippen molar-refractivity contribution in [1.82, 2.24) is 0 Å². The zero-order valence-corrected chi connectivity index (χ0v) is 10.3. The van der Waals surface area contributed by atoms with Gasteiger partial charge >= 0.3 is 6.18 Å². The number of benzene rings is 2. The molecule has 0 aliphatic rings. The highest BCUT2D eigenvalue weighted by Gasteiger charge is 2.31. The van der Waals surface area contributed by atoms with E-state index in [4.69, 9.17) is 11.6 Å². The summed E-state index contributed by atoms with van der Waals surface area (Å²) in [5.74, 6) is 0. The van der Waals surface area contributed by atoms with Crippen LogP contribution in [0, 0.1) is 0 Å². The number of carbonyl (C=O) groups excluding carboxylic acids is 1. The molecule has 0 atom stereocenters. The SMILES string of the molecule is O=Cc1ccc(C(F)(F)F)cc1-c1ccc(Cl)cc1. The molecule has 19 heavy (non-hydrogen) atoms. The number of rotatable bonds is 2. The molecule has 0 spiro atoms. The molecular weight excluding hydrogens is 277 g/mol. The maximum Gasteiger partial charge on any atom is 0.416 e. The van der Waals surface area contributed by atoms with Crippen LogP contribution in [0.3, 0.4) is 0 Å². The molecule has 0 saturated heterocycles. The molecule has 0 amide bonds. The molecule has 0 saturated carbocycles. The van der Waals surface area contributed by atoms with Crippen LogP contribution >= 0.6 is 11.6 Å². The third-order valence-electron chi connectivity index (χ3n) is 2.66. The minimum atomic E-state index is -4.44. The van der Waals surface area contributed by atoms with Gasteiger partial charge in [0, 0.05) is 10.6 Å². The third kappa shape index (κ3) is 2.96. The summed E-state index contributed by atoms with van der Waals surface area (Å²) in [6.07, 6.45) is -3.91. The lowest BCUT2D eigenvalue weighted by Crippen LogP contribution is -2.05. The summed E-state index contributed by atoms with van der Waals surface area (Å²) in [5.41, 5.74) is 0.164. The molecule has 1 nitrogen and oxygen atoms in total. The Kier molecular flexibility index (Phi) is 3.62. The molecule has 2 rings (SSSR count). The first kappa shape index (κ1) is 13.6. The Morgan fingerprint density at radius 1 is 1.00 bits per heavy atom. The summed E-state index contributed by atoms with van der Waals surface area (Å²) in [6, 6.07) is 9.29. The van der Waals surface area contributed by atoms with Gasteiger partial charge in [0.25, 0.3) is 0 Å². The van der Waals surface area contributed by atoms with E-state index in [-0.39, 0.29) is 11.1 Å². The number of aldehydes is 1. The molecule has 0 heterocycles. The van der Waals surface area contributed by atoms with Gasteiger partial charge in [0.15, 0.2) is 6.29 Å². The van der Waals surface area contributed by atoms with Gasteiger partial charge in [-0.05, 0) is 35.4 Å². The predicted molar refractivity (Wildman–Crippen MR) is 67.3 cm³/mol. The van der Waals surface area contributed by atoms with Crippen LogP contribution in [0.5, 0.6) is 0 Å². The predicted octanol–water partition coefficient (Wildman–Crippen LogP) is 4.84. The average molecular weight is 285 g/mol. The number of alkyl halides is 3. The molecule has 2 aromatic rings. The van der Waals surface area contributed by atoms with Crippen molar-refractivity contribution in [3.63, 3.8) is 0 Å². The fourth-order valence-electron chi connectivity index (χ4n) is 1.71. The van der Waals surface area contributed by atoms with Crippen molar-refractivity contribution in [3.8, 4) is 11.1 Å². The van der Waals surface area contributed by atoms with Gasteiger partial charge < -0.3 is 0 Å². The number of hydrogen-bond acceptors (Lipinski definition) is 1. The second-order valence-corrected chi connectivity index (χ2v) is 4.36. The zero-order chi connectivity index (χ0) is 14.0. The minimum Gasteiger partial charge on any atom is -0.298 e. The van der Waals surface area contributed by atoms with Gasteiger partial charge in [0.2, 0.25) is 0 Å². The van der Waals surface area contributed by atoms with Crippen molar-refractivity contribution in [2.75, 3.05) is 0 Å². The lowest BCUT2D eigenvalue weighted by atomic mass is 9.98. The van der Waals surface area contributed by atoms with Gasteiger partial charge in [-0.1, -0.05) is 29.8 Å². The van der Waals surface area contributed by atoms with Crippen LogP contribution in [-0.2, 0) is 6.18 Å². The highest BCUT2D eigenvalue weighted by Crippen LogP contribution is 2.33. The molecule has 0 fully saturated rings. The lowest BCUT2D eigenvalue weighted by molar-refractivity contribution is -0.137. The molecule has 0 radical (unpaired) electrons. The van der Waals surface area contributed by atoms with Crippen molar-refractivity contribution in [2.45, 2.75) is 6.18 Å². The van der Waals surface area contributed by atoms with E-state index in [0.717, 1.165) is 12.1 Å². The standard InChI is InChI=1S/C14H8ClF3O/c15-12-5-2-9(3-6-12)13-7-11(14(16,17)18)4-1-10(13)8-19/h1-8H. The maximum atomic E-state index is 12.7. The van der Waals surface area contributed by atoms with Gasteiger partial charge in [-0.15, -0.1) is 0 Å². The smallest absolute Gasteiger partial charge is 0.298 e. The number of hydrogen-bond donors (Lipinski definition) is 0. The Labute approximate surface area is 112 Å². The second-order valence-electron chi connectivity index (χ2n) is 3.92. The topological polar surface area (TPSA) is 17.1 Å². The van der Waals surface area contributed by atoms with Crippen molar-refractivity contribution in [3.05, 3.63) is 58.6 Å². The van der Waals surface area contributed by atoms with Crippen LogP contribution in [0.4, 0.5) is 13.2 Å². The Morgan fingerprint density at radius 3 is 2.16 bits per heavy atom. The van der Waals surface area contributed by atoms with Crippen LogP contribution in [0.15, 0.2) is 42.5 Å². The normalized spacial score (nSPS) is 11.4. The fourth-order valence-corrected chi connectivity index (χ4v) is 1.84. The van der Waals surface area contributed by atoms with Gasteiger partial charge in [0.1, 0.15) is 0 Å². The summed E-state index contributed by atoms with van der Waals surface area (Å²) < 4.78 is 38.0. The zero-order valence-electron chi connectivity index (χ0n) is 9.54. The van der Waals surface area contributed by atoms with Gasteiger partial charge in [-0.2, -0.15) is 13.2 Å². The Hall–Kier alpha value is -1.81. The quantitative estimate of drug-likeness (QED) is 0.721. The summed E-state index contributed by atoms with van der Waals surface area (Å²) >= 11 is 5.73. The minimum absolute atomic E-state index is 0.204. The molecular formula is C14H8ClF3O. The fraction of sp³-hybridized carbons (Fsp3) is 0.0714. The van der Waals surface area contributed by atoms with E-state index < -0.39 is 11.7 Å². The Bertz CT molecular complexity index is 603. The first-order valence-electron chi connectivity index (χ1n) is 5.34. The molecule has 0 aromatic heterocycles. The monoisotopic (exact) mass is 284 g/mol. The highest BCUT2D eigenvalue weighted by molar-refractivity contribution is 6.30. The van der Waals surface area contributed by atoms with Gasteiger partial charge in [0.05, 0.1) is 5.56 Å². The van der Waals surface area contributed by atoms with Crippen molar-refractivity contribution in [1.29, 1.82) is 0 Å². The van der Waals surface area contributed by atoms with Gasteiger partial charge in [-0.3, -0.25) is 4.79 Å². The van der Waals surface area contributed by atoms with Crippen LogP contribution in [0.2, 0.25) is 5.02 Å². The molecule has 98 valence electrons. The number of halogens is 4. The first-order chi connectivity index (χ1) is 8.91. The first-order valence-corrected chi connectivity index (χ1v) is 5.72. The van der Waals surface area contributed by atoms with E-state index in [1.54, 1.807) is 24.3 Å². The van der Waals surface area contributed by atoms with Crippen LogP contribution in [0.1, 0.15) is 15.9 Å². The van der Waals surface area contributed by atoms with E-state index in [2.05, 4.69) is 0 Å². The van der Waals surface area contributed by atoms with Crippen LogP contribution in [0.25, 0.3) is 11.1 Å². The molecule has 0 aliphatic carbocycles. The van der Waals surface area contributed by atoms with Crippen LogP contribution < -0.4 is 0 Å². The maximum absolute atomic E-state index is 12.7. The van der Waals surface area contributed by atoms with Gasteiger partial charge in [-0.25, -0.2) is 0 Å². The van der Waals surface area contributed by atoms with E-state index in [1.165, 1.54) is 6.07 Å². The highest BCUT2D eigenvalue weighted by atomic mass is 35.5. The number of carbonyl (C=O) groups is 1. The molecule has 0 unspecified atom stereocenters. The second kappa shape index (κ2) is 5.05. The summed E-state index contributed by atoms with van der Waals surface area (Å²) in [5, 5.41) is 0.475. The molecule has 0 N–H and O–H groups in total. The van der Waals surface area contributed by atoms with E-state index >= 15 is 0 Å². The molecule has 2 aromatic carbocycles. The van der Waals surface area contributed by atoms with Crippen molar-refractivity contribution in [2.24, 2.45) is 0 Å². The molecule has 0 bridgehead atoms. The van der Waals surface area contributed by atoms with Crippen LogP contribution in [-0.4, -0.2) is 6.29 Å². The molecule has 5 heteroatoms. The summed E-state index contributed by atoms with van der Waals surface area (Å²) in [4.78, 5) is 10.9.